The molecular formula is C45H45N5Na2O9S2. The van der Waals surface area contributed by atoms with E-state index in [9.17, 15) is 40.6 Å². The summed E-state index contributed by atoms with van der Waals surface area (Å²) in [4.78, 5) is 29.0. The third-order valence-electron chi connectivity index (χ3n) is 11.4. The number of benzene rings is 4. The number of rotatable bonds is 15. The van der Waals surface area contributed by atoms with Crippen molar-refractivity contribution in [2.45, 2.75) is 54.7 Å². The molecule has 0 saturated heterocycles. The van der Waals surface area contributed by atoms with Crippen LogP contribution in [0.15, 0.2) is 106 Å². The fourth-order valence-corrected chi connectivity index (χ4v) is 9.90. The first kappa shape index (κ1) is 50.1. The molecule has 7 rings (SSSR count). The Morgan fingerprint density at radius 1 is 0.841 bits per heavy atom. The van der Waals surface area contributed by atoms with Gasteiger partial charge in [-0.3, -0.25) is 14.5 Å². The van der Waals surface area contributed by atoms with Crippen LogP contribution >= 0.6 is 0 Å². The van der Waals surface area contributed by atoms with Gasteiger partial charge in [0.05, 0.1) is 21.8 Å². The second-order valence-corrected chi connectivity index (χ2v) is 18.6. The minimum absolute atomic E-state index is 0. The number of hydrogen-bond acceptors (Lipinski definition) is 11. The predicted octanol–water partition coefficient (Wildman–Crippen LogP) is -1.70. The molecule has 63 heavy (non-hydrogen) atoms. The Hall–Kier alpha value is -3.94. The van der Waals surface area contributed by atoms with E-state index in [4.69, 9.17) is 0 Å². The fourth-order valence-electron chi connectivity index (χ4n) is 8.58. The molecule has 3 heterocycles. The standard InChI is InChI=1S/C45H47N5O9S2.2Na/c1-45(2)39(16-9-6-8-15-35-32-14-12-13-31-34(47(3)4)20-21-36(43(31)32)48(35)5)49(25-11-7-10-17-40(51)46-24-26-50-41(52)22-23-42(50)53)37-19-18-30-33(44(37)45)27-29(60(54,55)56)28-38(30)61(57,58)59;;/h6,8-9,12-16,18-23,27-28H,7,10-11,17,24-26H2,1-5H3,(H2-,46,51,54,55,56,57,58,59);;/q;2*+1/p-2. The molecule has 4 aromatic carbocycles. The Balaban J connectivity index is 0.00000374. The van der Waals surface area contributed by atoms with Gasteiger partial charge in [0, 0.05) is 102 Å². The topological polar surface area (TPSA) is 198 Å². The molecule has 2 amide bonds. The molecule has 0 spiro atoms. The Labute approximate surface area is 411 Å². The molecule has 0 aliphatic carbocycles. The summed E-state index contributed by atoms with van der Waals surface area (Å²) >= 11 is 0. The van der Waals surface area contributed by atoms with Crippen LogP contribution in [-0.4, -0.2) is 97.1 Å². The Kier molecular flexibility index (Phi) is 15.6. The Morgan fingerprint density at radius 3 is 2.21 bits per heavy atom. The number of anilines is 1. The minimum Gasteiger partial charge on any atom is -0.862 e. The van der Waals surface area contributed by atoms with Gasteiger partial charge >= 0.3 is 59.1 Å². The number of carbonyl (C=O) groups is 2. The summed E-state index contributed by atoms with van der Waals surface area (Å²) in [6, 6.07) is 15.5. The molecule has 0 atom stereocenters. The van der Waals surface area contributed by atoms with Gasteiger partial charge in [-0.05, 0) is 80.8 Å². The summed E-state index contributed by atoms with van der Waals surface area (Å²) in [6.45, 7) is 4.32. The number of aryl methyl sites for hydroxylation is 1. The minimum atomic E-state index is -5.18. The van der Waals surface area contributed by atoms with Crippen molar-refractivity contribution in [2.75, 3.05) is 38.6 Å². The van der Waals surface area contributed by atoms with E-state index in [0.29, 0.717) is 43.1 Å². The van der Waals surface area contributed by atoms with Crippen molar-refractivity contribution in [3.8, 4) is 0 Å². The quantitative estimate of drug-likeness (QED) is 0.0171. The Morgan fingerprint density at radius 2 is 1.54 bits per heavy atom. The maximum Gasteiger partial charge on any atom is 1.00 e. The zero-order chi connectivity index (χ0) is 44.0. The summed E-state index contributed by atoms with van der Waals surface area (Å²) < 4.78 is 78.3. The molecule has 0 fully saturated rings. The van der Waals surface area contributed by atoms with E-state index in [1.807, 2.05) is 65.4 Å². The molecule has 2 aliphatic heterocycles. The second-order valence-electron chi connectivity index (χ2n) is 15.9. The van der Waals surface area contributed by atoms with Crippen molar-refractivity contribution in [3.05, 3.63) is 102 Å². The zero-order valence-corrected chi connectivity index (χ0v) is 42.0. The summed E-state index contributed by atoms with van der Waals surface area (Å²) in [6.07, 6.45) is 14.0. The average molecular weight is 910 g/mol. The van der Waals surface area contributed by atoms with E-state index in [0.717, 1.165) is 44.0 Å². The number of amides is 2. The number of fused-ring (bicyclic) bond motifs is 3. The largest absolute Gasteiger partial charge is 1.00 e. The molecule has 0 N–H and O–H groups in total. The van der Waals surface area contributed by atoms with Gasteiger partial charge in [-0.1, -0.05) is 36.4 Å². The predicted molar refractivity (Wildman–Crippen MR) is 232 cm³/mol. The van der Waals surface area contributed by atoms with E-state index < -0.39 is 47.3 Å². The number of allylic oxidation sites excluding steroid dienone is 4. The molecule has 0 saturated carbocycles. The van der Waals surface area contributed by atoms with Crippen LogP contribution in [-0.2, 0) is 42.3 Å². The van der Waals surface area contributed by atoms with Gasteiger partial charge in [0.25, 0.3) is 11.8 Å². The first-order valence-corrected chi connectivity index (χ1v) is 22.6. The van der Waals surface area contributed by atoms with E-state index >= 15 is 0 Å². The first-order valence-electron chi connectivity index (χ1n) is 19.7. The molecule has 14 nitrogen and oxygen atoms in total. The molecule has 5 aromatic rings. The van der Waals surface area contributed by atoms with Crippen molar-refractivity contribution in [3.63, 3.8) is 0 Å². The fraction of sp³-hybridized carbons (Fsp3) is 0.289. The number of unbranched alkanes of at least 4 members (excludes halogenated alkanes) is 2. The van der Waals surface area contributed by atoms with Crippen LogP contribution in [0, 0.1) is 0 Å². The number of hydrogen-bond donors (Lipinski definition) is 0. The van der Waals surface area contributed by atoms with Crippen molar-refractivity contribution >= 4 is 93.6 Å². The molecule has 0 bridgehead atoms. The molecule has 318 valence electrons. The number of imide groups is 1. The first-order chi connectivity index (χ1) is 28.8. The third kappa shape index (κ3) is 10.0. The van der Waals surface area contributed by atoms with Gasteiger partial charge in [-0.25, -0.2) is 16.8 Å². The normalized spacial score (nSPS) is 15.8. The van der Waals surface area contributed by atoms with Crippen LogP contribution in [0.2, 0.25) is 0 Å². The van der Waals surface area contributed by atoms with Crippen molar-refractivity contribution in [2.24, 2.45) is 12.0 Å². The molecule has 2 aliphatic rings. The maximum atomic E-state index is 12.5. The van der Waals surface area contributed by atoms with Crippen LogP contribution in [0.3, 0.4) is 0 Å². The smallest absolute Gasteiger partial charge is 0.862 e. The van der Waals surface area contributed by atoms with Crippen LogP contribution in [0.5, 0.6) is 0 Å². The number of aliphatic imine (C=N–C) groups is 1. The maximum absolute atomic E-state index is 12.5. The van der Waals surface area contributed by atoms with Crippen molar-refractivity contribution in [1.82, 2.24) is 9.47 Å². The van der Waals surface area contributed by atoms with Gasteiger partial charge in [-0.2, -0.15) is 4.58 Å². The SMILES string of the molecule is CN(C)c1ccc2c3c1cccc3/c(=C/C=C/C=C/C1=[N+](CCCCCC([O-])=NCCN3C(=O)C=CC3=O)c3ccc4c(S(=O)(=O)[O-])cc(S(=O)(=O)[O-])cc4c3C1(C)C)n2C.[Na+].[Na+]. The van der Waals surface area contributed by atoms with E-state index in [1.165, 1.54) is 23.6 Å². The van der Waals surface area contributed by atoms with Crippen LogP contribution in [0.4, 0.5) is 11.4 Å². The second kappa shape index (κ2) is 19.7. The van der Waals surface area contributed by atoms with Gasteiger partial charge in [0.15, 0.2) is 5.71 Å². The van der Waals surface area contributed by atoms with Crippen molar-refractivity contribution < 1.29 is 104 Å². The van der Waals surface area contributed by atoms with E-state index in [2.05, 4.69) is 49.4 Å². The number of nitrogens with zero attached hydrogens (tertiary/aromatic N) is 5. The molecular weight excluding hydrogens is 865 g/mol. The van der Waals surface area contributed by atoms with Crippen LogP contribution in [0.1, 0.15) is 45.1 Å². The van der Waals surface area contributed by atoms with Crippen molar-refractivity contribution in [1.29, 1.82) is 0 Å². The number of aromatic nitrogens is 1. The monoisotopic (exact) mass is 909 g/mol. The summed E-state index contributed by atoms with van der Waals surface area (Å²) in [5.74, 6) is -1.20. The van der Waals surface area contributed by atoms with Gasteiger partial charge in [0.1, 0.15) is 26.8 Å². The van der Waals surface area contributed by atoms with E-state index in [-0.39, 0.29) is 95.3 Å². The molecule has 0 radical (unpaired) electrons. The molecule has 0 unspecified atom stereocenters. The van der Waals surface area contributed by atoms with Crippen LogP contribution < -0.4 is 74.5 Å². The van der Waals surface area contributed by atoms with Gasteiger partial charge < -0.3 is 28.7 Å². The molecule has 18 heteroatoms. The average Bonchev–Trinajstić information content (AvgIpc) is 3.74. The van der Waals surface area contributed by atoms with Gasteiger partial charge in [-0.15, -0.1) is 0 Å². The summed E-state index contributed by atoms with van der Waals surface area (Å²) in [7, 11) is -4.24. The third-order valence-corrected chi connectivity index (χ3v) is 13.1. The van der Waals surface area contributed by atoms with Crippen LogP contribution in [0.25, 0.3) is 38.5 Å². The molecule has 1 aromatic heterocycles. The number of carbonyl (C=O) groups excluding carboxylic acids is 2. The summed E-state index contributed by atoms with van der Waals surface area (Å²) in [5, 5.41) is 17.2. The van der Waals surface area contributed by atoms with E-state index in [1.54, 1.807) is 6.07 Å². The zero-order valence-electron chi connectivity index (χ0n) is 36.4. The Bertz CT molecular complexity index is 3080. The summed E-state index contributed by atoms with van der Waals surface area (Å²) in [5.41, 5.74) is 3.38. The van der Waals surface area contributed by atoms with Gasteiger partial charge in [0.2, 0.25) is 5.69 Å².